The smallest absolute Gasteiger partial charge is 0.195 e. The number of fused-ring (bicyclic) bond motifs is 3. The molecule has 0 amide bonds. The summed E-state index contributed by atoms with van der Waals surface area (Å²) in [5, 5.41) is 2.60. The molecule has 0 aliphatic heterocycles. The zero-order valence-corrected chi connectivity index (χ0v) is 35.7. The lowest BCUT2D eigenvalue weighted by Gasteiger charge is -2.16. The van der Waals surface area contributed by atoms with Crippen molar-refractivity contribution in [3.8, 4) is 112 Å². The Labute approximate surface area is 383 Å². The molecule has 0 N–H and O–H groups in total. The Balaban J connectivity index is 0.919. The molecular formula is C62H38N4. The first-order chi connectivity index (χ1) is 32.7. The van der Waals surface area contributed by atoms with Crippen LogP contribution in [0.5, 0.6) is 0 Å². The van der Waals surface area contributed by atoms with Crippen molar-refractivity contribution in [3.63, 3.8) is 0 Å². The molecule has 10 aromatic carbocycles. The fourth-order valence-corrected chi connectivity index (χ4v) is 9.57. The normalized spacial score (nSPS) is 11.3. The fraction of sp³-hybridized carbons (Fsp3) is 0. The molecule has 0 bridgehead atoms. The first-order valence-corrected chi connectivity index (χ1v) is 22.1. The summed E-state index contributed by atoms with van der Waals surface area (Å²) in [6.07, 6.45) is 0. The predicted molar refractivity (Wildman–Crippen MR) is 272 cm³/mol. The van der Waals surface area contributed by atoms with E-state index in [1.165, 1.54) is 33.0 Å². The summed E-state index contributed by atoms with van der Waals surface area (Å²) >= 11 is 0. The molecule has 306 valence electrons. The van der Waals surface area contributed by atoms with E-state index in [0.717, 1.165) is 72.3 Å². The summed E-state index contributed by atoms with van der Waals surface area (Å²) in [4.78, 5) is 19.4. The highest BCUT2D eigenvalue weighted by Crippen LogP contribution is 2.49. The third kappa shape index (κ3) is 6.84. The van der Waals surface area contributed by atoms with Crippen LogP contribution in [0.1, 0.15) is 0 Å². The van der Waals surface area contributed by atoms with Crippen LogP contribution in [0.25, 0.3) is 128 Å². The molecule has 66 heavy (non-hydrogen) atoms. The van der Waals surface area contributed by atoms with Gasteiger partial charge in [0, 0.05) is 16.7 Å². The van der Waals surface area contributed by atoms with Gasteiger partial charge in [0.2, 0.25) is 0 Å². The molecule has 1 aliphatic rings. The number of aromatic nitrogens is 3. The van der Waals surface area contributed by atoms with Crippen molar-refractivity contribution >= 4 is 16.5 Å². The van der Waals surface area contributed by atoms with Gasteiger partial charge in [-0.25, -0.2) is 19.8 Å². The van der Waals surface area contributed by atoms with Crippen molar-refractivity contribution in [2.24, 2.45) is 0 Å². The molecule has 11 aromatic rings. The lowest BCUT2D eigenvalue weighted by Crippen LogP contribution is -2.01. The Morgan fingerprint density at radius 3 is 1.48 bits per heavy atom. The molecule has 4 heteroatoms. The maximum absolute atomic E-state index is 8.26. The molecule has 0 radical (unpaired) electrons. The van der Waals surface area contributed by atoms with E-state index in [0.29, 0.717) is 23.2 Å². The van der Waals surface area contributed by atoms with Crippen molar-refractivity contribution < 1.29 is 0 Å². The van der Waals surface area contributed by atoms with Gasteiger partial charge in [0.25, 0.3) is 0 Å². The van der Waals surface area contributed by atoms with E-state index in [4.69, 9.17) is 21.5 Å². The molecule has 1 aromatic heterocycles. The van der Waals surface area contributed by atoms with E-state index in [1.807, 2.05) is 54.6 Å². The van der Waals surface area contributed by atoms with Crippen molar-refractivity contribution in [2.75, 3.05) is 0 Å². The second kappa shape index (κ2) is 16.3. The third-order valence-electron chi connectivity index (χ3n) is 12.7. The van der Waals surface area contributed by atoms with Crippen LogP contribution in [0.4, 0.5) is 5.69 Å². The van der Waals surface area contributed by atoms with Gasteiger partial charge in [-0.15, -0.1) is 0 Å². The molecule has 0 fully saturated rings. The SMILES string of the molecule is [C-]#[N+]c1cccc(-c2cccc(-c3ccccc3-c3nc(-c4ccccc4)nc(-c4cccc(-c5ccccc5)c4)n3)c2)c1-c1ccc(-c2ccc3c(c2)-c2cccc4cccc-3c24)cc1. The number of nitrogens with zero attached hydrogens (tertiary/aromatic N) is 4. The van der Waals surface area contributed by atoms with Crippen molar-refractivity contribution in [1.82, 2.24) is 15.0 Å². The number of hydrogen-bond acceptors (Lipinski definition) is 3. The van der Waals surface area contributed by atoms with E-state index in [1.54, 1.807) is 0 Å². The Morgan fingerprint density at radius 2 is 0.742 bits per heavy atom. The zero-order valence-electron chi connectivity index (χ0n) is 35.7. The van der Waals surface area contributed by atoms with E-state index < -0.39 is 0 Å². The summed E-state index contributed by atoms with van der Waals surface area (Å²) in [6, 6.07) is 80.4. The Bertz CT molecular complexity index is 3690. The number of hydrogen-bond donors (Lipinski definition) is 0. The first-order valence-electron chi connectivity index (χ1n) is 22.1. The minimum atomic E-state index is 0.589. The van der Waals surface area contributed by atoms with Crippen molar-refractivity contribution in [1.29, 1.82) is 0 Å². The molecule has 0 atom stereocenters. The highest BCUT2D eigenvalue weighted by Gasteiger charge is 2.22. The monoisotopic (exact) mass is 838 g/mol. The minimum absolute atomic E-state index is 0.589. The molecule has 0 saturated heterocycles. The van der Waals surface area contributed by atoms with Crippen LogP contribution in [0.3, 0.4) is 0 Å². The predicted octanol–water partition coefficient (Wildman–Crippen LogP) is 16.6. The molecule has 1 aliphatic carbocycles. The van der Waals surface area contributed by atoms with E-state index in [-0.39, 0.29) is 0 Å². The second-order valence-corrected chi connectivity index (χ2v) is 16.6. The van der Waals surface area contributed by atoms with Gasteiger partial charge in [-0.2, -0.15) is 0 Å². The summed E-state index contributed by atoms with van der Waals surface area (Å²) in [5.74, 6) is 1.80. The lowest BCUT2D eigenvalue weighted by molar-refractivity contribution is 1.07. The Kier molecular flexibility index (Phi) is 9.51. The van der Waals surface area contributed by atoms with Gasteiger partial charge in [-0.3, -0.25) is 0 Å². The second-order valence-electron chi connectivity index (χ2n) is 16.6. The quantitative estimate of drug-likeness (QED) is 0.143. The number of rotatable bonds is 8. The average Bonchev–Trinajstić information content (AvgIpc) is 3.73. The standard InChI is InChI=1S/C62H38N4/c1-63-57-30-14-27-51(59(57)43-33-31-41(32-34-43)46-35-36-52-53-28-12-19-42-20-13-29-54(58(42)53)56(52)39-46)48-23-11-22-47(38-48)50-25-8-9-26-55(50)62-65-60(44-17-6-3-7-18-44)64-61(66-62)49-24-10-21-45(37-49)40-15-4-2-5-16-40/h2-39H. The van der Waals surface area contributed by atoms with Gasteiger partial charge in [0.15, 0.2) is 23.2 Å². The van der Waals surface area contributed by atoms with Crippen LogP contribution >= 0.6 is 0 Å². The van der Waals surface area contributed by atoms with Gasteiger partial charge >= 0.3 is 0 Å². The third-order valence-corrected chi connectivity index (χ3v) is 12.7. The molecule has 0 unspecified atom stereocenters. The molecule has 0 spiro atoms. The van der Waals surface area contributed by atoms with Crippen LogP contribution in [0.2, 0.25) is 0 Å². The highest BCUT2D eigenvalue weighted by atomic mass is 15.0. The largest absolute Gasteiger partial charge is 0.237 e. The maximum atomic E-state index is 8.26. The summed E-state index contributed by atoms with van der Waals surface area (Å²) in [5.41, 5.74) is 18.9. The molecule has 1 heterocycles. The molecular weight excluding hydrogens is 801 g/mol. The topological polar surface area (TPSA) is 43.0 Å². The zero-order chi connectivity index (χ0) is 44.0. The van der Waals surface area contributed by atoms with Crippen molar-refractivity contribution in [3.05, 3.63) is 242 Å². The van der Waals surface area contributed by atoms with Crippen LogP contribution in [-0.4, -0.2) is 15.0 Å². The van der Waals surface area contributed by atoms with E-state index in [2.05, 4.69) is 181 Å². The Hall–Kier alpha value is -9.04. The van der Waals surface area contributed by atoms with Crippen LogP contribution in [0, 0.1) is 6.57 Å². The van der Waals surface area contributed by atoms with Crippen LogP contribution < -0.4 is 0 Å². The first kappa shape index (κ1) is 38.6. The molecule has 12 rings (SSSR count). The van der Waals surface area contributed by atoms with Crippen LogP contribution in [-0.2, 0) is 0 Å². The lowest BCUT2D eigenvalue weighted by atomic mass is 9.89. The van der Waals surface area contributed by atoms with Crippen LogP contribution in [0.15, 0.2) is 231 Å². The summed E-state index contributed by atoms with van der Waals surface area (Å²) in [6.45, 7) is 8.26. The molecule has 0 saturated carbocycles. The van der Waals surface area contributed by atoms with E-state index >= 15 is 0 Å². The Morgan fingerprint density at radius 1 is 0.273 bits per heavy atom. The van der Waals surface area contributed by atoms with E-state index in [9.17, 15) is 0 Å². The van der Waals surface area contributed by atoms with Gasteiger partial charge in [-0.05, 0) is 107 Å². The fourth-order valence-electron chi connectivity index (χ4n) is 9.57. The highest BCUT2D eigenvalue weighted by molar-refractivity contribution is 6.15. The van der Waals surface area contributed by atoms with Gasteiger partial charge in [0.05, 0.1) is 6.57 Å². The minimum Gasteiger partial charge on any atom is -0.237 e. The summed E-state index contributed by atoms with van der Waals surface area (Å²) in [7, 11) is 0. The van der Waals surface area contributed by atoms with Gasteiger partial charge in [0.1, 0.15) is 0 Å². The van der Waals surface area contributed by atoms with Gasteiger partial charge < -0.3 is 0 Å². The van der Waals surface area contributed by atoms with Crippen molar-refractivity contribution in [2.45, 2.75) is 0 Å². The molecule has 4 nitrogen and oxygen atoms in total. The maximum Gasteiger partial charge on any atom is 0.195 e. The average molecular weight is 839 g/mol. The van der Waals surface area contributed by atoms with Gasteiger partial charge in [-0.1, -0.05) is 212 Å². The number of benzene rings is 10. The summed E-state index contributed by atoms with van der Waals surface area (Å²) < 4.78 is 0.